The maximum Gasteiger partial charge on any atom is 0.163 e. The van der Waals surface area contributed by atoms with Crippen LogP contribution in [-0.4, -0.2) is 24.2 Å². The van der Waals surface area contributed by atoms with Crippen LogP contribution in [0.15, 0.2) is 30.3 Å². The third kappa shape index (κ3) is 2.43. The van der Waals surface area contributed by atoms with Crippen molar-refractivity contribution in [3.05, 3.63) is 40.9 Å². The smallest absolute Gasteiger partial charge is 0.163 e. The Balaban J connectivity index is 2.14. The van der Waals surface area contributed by atoms with E-state index in [2.05, 4.69) is 9.97 Å². The van der Waals surface area contributed by atoms with E-state index >= 15 is 0 Å². The van der Waals surface area contributed by atoms with E-state index in [0.717, 1.165) is 33.0 Å². The standard InChI is InChI=1S/C16H15ClN2O2/c1-9-4-5-10(6-11(9)17)16-18-12-7-14(20-2)15(21-3)8-13(12)19-16/h4-8H,1-3H3,(H,18,19). The summed E-state index contributed by atoms with van der Waals surface area (Å²) in [6.45, 7) is 1.97. The molecule has 0 aliphatic carbocycles. The van der Waals surface area contributed by atoms with Crippen molar-refractivity contribution in [1.82, 2.24) is 9.97 Å². The molecule has 0 unspecified atom stereocenters. The second kappa shape index (κ2) is 5.30. The molecule has 0 saturated heterocycles. The van der Waals surface area contributed by atoms with Gasteiger partial charge in [-0.15, -0.1) is 0 Å². The van der Waals surface area contributed by atoms with Gasteiger partial charge in [0.1, 0.15) is 5.82 Å². The fourth-order valence-corrected chi connectivity index (χ4v) is 2.39. The summed E-state index contributed by atoms with van der Waals surface area (Å²) in [4.78, 5) is 7.87. The molecule has 4 nitrogen and oxygen atoms in total. The number of rotatable bonds is 3. The van der Waals surface area contributed by atoms with Crippen molar-refractivity contribution < 1.29 is 9.47 Å². The first-order valence-corrected chi connectivity index (χ1v) is 6.88. The van der Waals surface area contributed by atoms with Gasteiger partial charge < -0.3 is 14.5 Å². The molecule has 1 N–H and O–H groups in total. The second-order valence-corrected chi connectivity index (χ2v) is 5.18. The lowest BCUT2D eigenvalue weighted by molar-refractivity contribution is 0.356. The molecule has 5 heteroatoms. The van der Waals surface area contributed by atoms with Crippen LogP contribution >= 0.6 is 11.6 Å². The van der Waals surface area contributed by atoms with E-state index in [4.69, 9.17) is 21.1 Å². The fraction of sp³-hybridized carbons (Fsp3) is 0.188. The van der Waals surface area contributed by atoms with Crippen LogP contribution in [-0.2, 0) is 0 Å². The average molecular weight is 303 g/mol. The van der Waals surface area contributed by atoms with Crippen LogP contribution in [0.2, 0.25) is 5.02 Å². The third-order valence-electron chi connectivity index (χ3n) is 3.43. The number of nitrogens with one attached hydrogen (secondary N) is 1. The molecule has 21 heavy (non-hydrogen) atoms. The Hall–Kier alpha value is -2.20. The van der Waals surface area contributed by atoms with Gasteiger partial charge in [-0.1, -0.05) is 23.7 Å². The molecular weight excluding hydrogens is 288 g/mol. The van der Waals surface area contributed by atoms with E-state index < -0.39 is 0 Å². The number of nitrogens with zero attached hydrogens (tertiary/aromatic N) is 1. The zero-order chi connectivity index (χ0) is 15.0. The molecule has 0 aliphatic heterocycles. The van der Waals surface area contributed by atoms with Gasteiger partial charge in [-0.2, -0.15) is 0 Å². The number of aromatic nitrogens is 2. The number of H-pyrrole nitrogens is 1. The van der Waals surface area contributed by atoms with Gasteiger partial charge in [0.2, 0.25) is 0 Å². The van der Waals surface area contributed by atoms with Gasteiger partial charge in [0.25, 0.3) is 0 Å². The summed E-state index contributed by atoms with van der Waals surface area (Å²) in [5, 5.41) is 0.725. The van der Waals surface area contributed by atoms with Crippen molar-refractivity contribution in [2.75, 3.05) is 14.2 Å². The van der Waals surface area contributed by atoms with Crippen molar-refractivity contribution in [2.45, 2.75) is 6.92 Å². The highest BCUT2D eigenvalue weighted by Crippen LogP contribution is 2.33. The number of imidazole rings is 1. The maximum absolute atomic E-state index is 6.18. The predicted molar refractivity (Wildman–Crippen MR) is 84.4 cm³/mol. The first kappa shape index (κ1) is 13.8. The van der Waals surface area contributed by atoms with Crippen molar-refractivity contribution in [3.63, 3.8) is 0 Å². The van der Waals surface area contributed by atoms with E-state index in [0.29, 0.717) is 11.5 Å². The highest BCUT2D eigenvalue weighted by Gasteiger charge is 2.11. The Morgan fingerprint density at radius 2 is 1.76 bits per heavy atom. The molecule has 0 spiro atoms. The normalized spacial score (nSPS) is 10.9. The first-order valence-electron chi connectivity index (χ1n) is 6.50. The minimum absolute atomic E-state index is 0.657. The average Bonchev–Trinajstić information content (AvgIpc) is 2.91. The molecule has 0 atom stereocenters. The van der Waals surface area contributed by atoms with Crippen LogP contribution in [0.3, 0.4) is 0 Å². The van der Waals surface area contributed by atoms with Gasteiger partial charge in [-0.05, 0) is 18.6 Å². The number of methoxy groups -OCH3 is 2. The Morgan fingerprint density at radius 1 is 1.05 bits per heavy atom. The molecule has 0 bridgehead atoms. The lowest BCUT2D eigenvalue weighted by Gasteiger charge is -2.06. The van der Waals surface area contributed by atoms with Crippen molar-refractivity contribution in [1.29, 1.82) is 0 Å². The molecule has 0 amide bonds. The lowest BCUT2D eigenvalue weighted by Crippen LogP contribution is -1.89. The molecule has 108 valence electrons. The largest absolute Gasteiger partial charge is 0.493 e. The molecular formula is C16H15ClN2O2. The topological polar surface area (TPSA) is 47.1 Å². The second-order valence-electron chi connectivity index (χ2n) is 4.77. The highest BCUT2D eigenvalue weighted by molar-refractivity contribution is 6.31. The number of aromatic amines is 1. The minimum Gasteiger partial charge on any atom is -0.493 e. The zero-order valence-corrected chi connectivity index (χ0v) is 12.8. The van der Waals surface area contributed by atoms with Crippen LogP contribution in [0.5, 0.6) is 11.5 Å². The van der Waals surface area contributed by atoms with Crippen molar-refractivity contribution in [3.8, 4) is 22.9 Å². The molecule has 1 heterocycles. The van der Waals surface area contributed by atoms with Gasteiger partial charge in [-0.25, -0.2) is 4.98 Å². The fourth-order valence-electron chi connectivity index (χ4n) is 2.21. The number of ether oxygens (including phenoxy) is 2. The Kier molecular flexibility index (Phi) is 3.47. The van der Waals surface area contributed by atoms with Gasteiger partial charge in [0.15, 0.2) is 11.5 Å². The summed E-state index contributed by atoms with van der Waals surface area (Å²) in [5.74, 6) is 2.09. The van der Waals surface area contributed by atoms with Crippen LogP contribution in [0.4, 0.5) is 0 Å². The van der Waals surface area contributed by atoms with E-state index in [1.807, 2.05) is 37.3 Å². The number of fused-ring (bicyclic) bond motifs is 1. The number of halogens is 1. The van der Waals surface area contributed by atoms with E-state index in [1.54, 1.807) is 14.2 Å². The first-order chi connectivity index (χ1) is 10.1. The molecule has 1 aromatic heterocycles. The highest BCUT2D eigenvalue weighted by atomic mass is 35.5. The number of benzene rings is 2. The molecule has 0 aliphatic rings. The summed E-state index contributed by atoms with van der Waals surface area (Å²) in [7, 11) is 3.22. The molecule has 3 aromatic rings. The van der Waals surface area contributed by atoms with E-state index in [9.17, 15) is 0 Å². The summed E-state index contributed by atoms with van der Waals surface area (Å²) < 4.78 is 10.6. The van der Waals surface area contributed by atoms with Gasteiger partial charge in [0, 0.05) is 22.7 Å². The summed E-state index contributed by atoms with van der Waals surface area (Å²) in [6, 6.07) is 9.60. The Bertz CT molecular complexity index is 770. The van der Waals surface area contributed by atoms with Crippen molar-refractivity contribution >= 4 is 22.6 Å². The molecule has 3 rings (SSSR count). The quantitative estimate of drug-likeness (QED) is 0.788. The minimum atomic E-state index is 0.657. The van der Waals surface area contributed by atoms with Gasteiger partial charge >= 0.3 is 0 Å². The van der Waals surface area contributed by atoms with Crippen LogP contribution < -0.4 is 9.47 Å². The van der Waals surface area contributed by atoms with Crippen LogP contribution in [0.1, 0.15) is 5.56 Å². The van der Waals surface area contributed by atoms with E-state index in [1.165, 1.54) is 0 Å². The summed E-state index contributed by atoms with van der Waals surface area (Å²) in [6.07, 6.45) is 0. The summed E-state index contributed by atoms with van der Waals surface area (Å²) in [5.41, 5.74) is 3.69. The predicted octanol–water partition coefficient (Wildman–Crippen LogP) is 4.21. The van der Waals surface area contributed by atoms with Crippen LogP contribution in [0.25, 0.3) is 22.4 Å². The lowest BCUT2D eigenvalue weighted by atomic mass is 10.1. The SMILES string of the molecule is COc1cc2nc(-c3ccc(C)c(Cl)c3)[nH]c2cc1OC. The number of hydrogen-bond donors (Lipinski definition) is 1. The Morgan fingerprint density at radius 3 is 2.43 bits per heavy atom. The third-order valence-corrected chi connectivity index (χ3v) is 3.84. The van der Waals surface area contributed by atoms with Gasteiger partial charge in [-0.3, -0.25) is 0 Å². The van der Waals surface area contributed by atoms with Crippen LogP contribution in [0, 0.1) is 6.92 Å². The van der Waals surface area contributed by atoms with Crippen molar-refractivity contribution in [2.24, 2.45) is 0 Å². The van der Waals surface area contributed by atoms with Gasteiger partial charge in [0.05, 0.1) is 25.3 Å². The molecule has 0 saturated carbocycles. The Labute approximate surface area is 127 Å². The molecule has 0 fully saturated rings. The number of hydrogen-bond acceptors (Lipinski definition) is 3. The monoisotopic (exact) mass is 302 g/mol. The number of aryl methyl sites for hydroxylation is 1. The molecule has 2 aromatic carbocycles. The molecule has 0 radical (unpaired) electrons. The maximum atomic E-state index is 6.18. The summed E-state index contributed by atoms with van der Waals surface area (Å²) >= 11 is 6.18. The zero-order valence-electron chi connectivity index (χ0n) is 12.0. The van der Waals surface area contributed by atoms with E-state index in [-0.39, 0.29) is 0 Å².